The van der Waals surface area contributed by atoms with E-state index in [0.29, 0.717) is 26.4 Å². The molecule has 0 rings (SSSR count). The van der Waals surface area contributed by atoms with Crippen LogP contribution in [-0.2, 0) is 18.1 Å². The fourth-order valence-corrected chi connectivity index (χ4v) is 3.26. The van der Waals surface area contributed by atoms with Crippen molar-refractivity contribution in [1.82, 2.24) is 0 Å². The SMILES string of the molecule is CCOP(=O)(OCC)OCCCCCCCCCCCO. The fourth-order valence-electron chi connectivity index (χ4n) is 2.06. The number of hydrogen-bond donors (Lipinski definition) is 1. The number of hydrogen-bond acceptors (Lipinski definition) is 5. The molecule has 1 N–H and O–H groups in total. The van der Waals surface area contributed by atoms with Crippen molar-refractivity contribution in [3.63, 3.8) is 0 Å². The molecule has 128 valence electrons. The summed E-state index contributed by atoms with van der Waals surface area (Å²) in [5, 5.41) is 8.66. The van der Waals surface area contributed by atoms with E-state index >= 15 is 0 Å². The molecule has 0 atom stereocenters. The van der Waals surface area contributed by atoms with Gasteiger partial charge in [-0.1, -0.05) is 44.9 Å². The summed E-state index contributed by atoms with van der Waals surface area (Å²) in [4.78, 5) is 0. The van der Waals surface area contributed by atoms with Crippen LogP contribution in [0.4, 0.5) is 0 Å². The van der Waals surface area contributed by atoms with Gasteiger partial charge >= 0.3 is 7.82 Å². The van der Waals surface area contributed by atoms with Crippen LogP contribution in [-0.4, -0.2) is 31.5 Å². The molecule has 0 aliphatic rings. The Labute approximate surface area is 130 Å². The first-order valence-corrected chi connectivity index (χ1v) is 9.79. The minimum Gasteiger partial charge on any atom is -0.396 e. The molecule has 0 radical (unpaired) electrons. The van der Waals surface area contributed by atoms with Crippen molar-refractivity contribution in [3.05, 3.63) is 0 Å². The zero-order valence-electron chi connectivity index (χ0n) is 13.7. The average Bonchev–Trinajstić information content (AvgIpc) is 2.45. The van der Waals surface area contributed by atoms with Gasteiger partial charge in [0.25, 0.3) is 0 Å². The third kappa shape index (κ3) is 13.5. The van der Waals surface area contributed by atoms with Crippen molar-refractivity contribution in [2.75, 3.05) is 26.4 Å². The summed E-state index contributed by atoms with van der Waals surface area (Å²) in [5.41, 5.74) is 0. The normalized spacial score (nSPS) is 12.0. The van der Waals surface area contributed by atoms with E-state index in [1.165, 1.54) is 32.1 Å². The van der Waals surface area contributed by atoms with Gasteiger partial charge in [0, 0.05) is 6.61 Å². The minimum absolute atomic E-state index is 0.313. The lowest BCUT2D eigenvalue weighted by Crippen LogP contribution is -2.01. The standard InChI is InChI=1S/C15H33O5P/c1-3-18-21(17,19-4-2)20-15-13-11-9-7-5-6-8-10-12-14-16/h16H,3-15H2,1-2H3. The summed E-state index contributed by atoms with van der Waals surface area (Å²) in [6.45, 7) is 4.94. The fraction of sp³-hybridized carbons (Fsp3) is 1.00. The lowest BCUT2D eigenvalue weighted by molar-refractivity contribution is 0.120. The predicted octanol–water partition coefficient (Wildman–Crippen LogP) is 4.69. The van der Waals surface area contributed by atoms with Crippen LogP contribution in [0.5, 0.6) is 0 Å². The number of aliphatic hydroxyl groups excluding tert-OH is 1. The molecule has 6 heteroatoms. The second-order valence-electron chi connectivity index (χ2n) is 5.02. The maximum Gasteiger partial charge on any atom is 0.474 e. The van der Waals surface area contributed by atoms with Crippen LogP contribution in [0.2, 0.25) is 0 Å². The molecule has 5 nitrogen and oxygen atoms in total. The molecule has 0 saturated carbocycles. The molecule has 21 heavy (non-hydrogen) atoms. The van der Waals surface area contributed by atoms with Crippen LogP contribution in [0.15, 0.2) is 0 Å². The summed E-state index contributed by atoms with van der Waals surface area (Å²) in [5.74, 6) is 0. The van der Waals surface area contributed by atoms with E-state index in [4.69, 9.17) is 18.7 Å². The van der Waals surface area contributed by atoms with Crippen LogP contribution < -0.4 is 0 Å². The Bertz CT molecular complexity index is 250. The first-order chi connectivity index (χ1) is 10.2. The van der Waals surface area contributed by atoms with Gasteiger partial charge in [-0.3, -0.25) is 13.6 Å². The Morgan fingerprint density at radius 3 is 1.57 bits per heavy atom. The lowest BCUT2D eigenvalue weighted by atomic mass is 10.1. The number of rotatable bonds is 16. The Morgan fingerprint density at radius 1 is 0.714 bits per heavy atom. The summed E-state index contributed by atoms with van der Waals surface area (Å²) < 4.78 is 27.4. The molecule has 0 aromatic rings. The van der Waals surface area contributed by atoms with Gasteiger partial charge < -0.3 is 5.11 Å². The van der Waals surface area contributed by atoms with E-state index in [0.717, 1.165) is 25.7 Å². The average molecular weight is 324 g/mol. The maximum atomic E-state index is 12.0. The van der Waals surface area contributed by atoms with E-state index in [1.54, 1.807) is 13.8 Å². The molecule has 0 spiro atoms. The molecule has 0 amide bonds. The van der Waals surface area contributed by atoms with Crippen LogP contribution >= 0.6 is 7.82 Å². The minimum atomic E-state index is -3.32. The van der Waals surface area contributed by atoms with Crippen LogP contribution in [0.3, 0.4) is 0 Å². The first kappa shape index (κ1) is 21.1. The third-order valence-corrected chi connectivity index (χ3v) is 4.77. The molecular formula is C15H33O5P. The van der Waals surface area contributed by atoms with Crippen LogP contribution in [0.25, 0.3) is 0 Å². The Kier molecular flexibility index (Phi) is 15.0. The molecule has 0 bridgehead atoms. The van der Waals surface area contributed by atoms with Crippen LogP contribution in [0, 0.1) is 0 Å². The van der Waals surface area contributed by atoms with Gasteiger partial charge in [-0.25, -0.2) is 4.57 Å². The van der Waals surface area contributed by atoms with Gasteiger partial charge in [-0.15, -0.1) is 0 Å². The van der Waals surface area contributed by atoms with E-state index in [-0.39, 0.29) is 0 Å². The van der Waals surface area contributed by atoms with E-state index in [9.17, 15) is 4.57 Å². The highest BCUT2D eigenvalue weighted by atomic mass is 31.2. The van der Waals surface area contributed by atoms with Crippen molar-refractivity contribution >= 4 is 7.82 Å². The molecule has 0 fully saturated rings. The molecule has 0 aromatic carbocycles. The summed E-state index contributed by atoms with van der Waals surface area (Å²) in [6.07, 6.45) is 10.2. The molecule has 0 aromatic heterocycles. The zero-order chi connectivity index (χ0) is 15.8. The second-order valence-corrected chi connectivity index (χ2v) is 6.69. The second kappa shape index (κ2) is 15.0. The highest BCUT2D eigenvalue weighted by Gasteiger charge is 2.24. The van der Waals surface area contributed by atoms with Gasteiger partial charge in [0.05, 0.1) is 19.8 Å². The van der Waals surface area contributed by atoms with Gasteiger partial charge in [0.2, 0.25) is 0 Å². The quantitative estimate of drug-likeness (QED) is 0.330. The van der Waals surface area contributed by atoms with Gasteiger partial charge in [0.15, 0.2) is 0 Å². The zero-order valence-corrected chi connectivity index (χ0v) is 14.6. The summed E-state index contributed by atoms with van der Waals surface area (Å²) >= 11 is 0. The smallest absolute Gasteiger partial charge is 0.396 e. The van der Waals surface area contributed by atoms with Gasteiger partial charge in [-0.05, 0) is 26.7 Å². The lowest BCUT2D eigenvalue weighted by Gasteiger charge is -2.16. The monoisotopic (exact) mass is 324 g/mol. The number of aliphatic hydroxyl groups is 1. The Hall–Kier alpha value is 0.0700. The maximum absolute atomic E-state index is 12.0. The van der Waals surface area contributed by atoms with Crippen molar-refractivity contribution in [2.45, 2.75) is 71.6 Å². The Balaban J connectivity index is 3.40. The Morgan fingerprint density at radius 2 is 1.14 bits per heavy atom. The molecule has 0 aliphatic heterocycles. The number of phosphoric acid groups is 1. The number of phosphoric ester groups is 1. The summed E-state index contributed by atoms with van der Waals surface area (Å²) in [7, 11) is -3.32. The largest absolute Gasteiger partial charge is 0.474 e. The number of unbranched alkanes of at least 4 members (excludes halogenated alkanes) is 8. The van der Waals surface area contributed by atoms with Gasteiger partial charge in [-0.2, -0.15) is 0 Å². The molecule has 0 unspecified atom stereocenters. The topological polar surface area (TPSA) is 65.0 Å². The predicted molar refractivity (Wildman–Crippen MR) is 85.4 cm³/mol. The van der Waals surface area contributed by atoms with E-state index in [1.807, 2.05) is 0 Å². The van der Waals surface area contributed by atoms with E-state index < -0.39 is 7.82 Å². The molecule has 0 saturated heterocycles. The third-order valence-electron chi connectivity index (χ3n) is 3.13. The van der Waals surface area contributed by atoms with Crippen molar-refractivity contribution < 1.29 is 23.2 Å². The van der Waals surface area contributed by atoms with Crippen LogP contribution in [0.1, 0.15) is 71.6 Å². The van der Waals surface area contributed by atoms with E-state index in [2.05, 4.69) is 0 Å². The van der Waals surface area contributed by atoms with Gasteiger partial charge in [0.1, 0.15) is 0 Å². The molecule has 0 heterocycles. The molecular weight excluding hydrogens is 291 g/mol. The summed E-state index contributed by atoms with van der Waals surface area (Å²) in [6, 6.07) is 0. The molecule has 0 aliphatic carbocycles. The highest BCUT2D eigenvalue weighted by Crippen LogP contribution is 2.49. The van der Waals surface area contributed by atoms with Crippen molar-refractivity contribution in [2.24, 2.45) is 0 Å². The highest BCUT2D eigenvalue weighted by molar-refractivity contribution is 7.48. The van der Waals surface area contributed by atoms with Crippen molar-refractivity contribution in [1.29, 1.82) is 0 Å². The van der Waals surface area contributed by atoms with Crippen molar-refractivity contribution in [3.8, 4) is 0 Å². The first-order valence-electron chi connectivity index (χ1n) is 8.33.